The van der Waals surface area contributed by atoms with Gasteiger partial charge in [0.1, 0.15) is 11.9 Å². The molecule has 0 radical (unpaired) electrons. The topological polar surface area (TPSA) is 81.1 Å². The lowest BCUT2D eigenvalue weighted by Crippen LogP contribution is -2.54. The van der Waals surface area contributed by atoms with Crippen LogP contribution in [-0.2, 0) is 4.79 Å². The van der Waals surface area contributed by atoms with E-state index < -0.39 is 35.5 Å². The predicted molar refractivity (Wildman–Crippen MR) is 87.4 cm³/mol. The number of nitrogens with zero attached hydrogens (tertiary/aromatic N) is 2. The zero-order valence-corrected chi connectivity index (χ0v) is 14.3. The smallest absolute Gasteiger partial charge is 0.408 e. The van der Waals surface area contributed by atoms with E-state index in [2.05, 4.69) is 0 Å². The summed E-state index contributed by atoms with van der Waals surface area (Å²) >= 11 is 0. The van der Waals surface area contributed by atoms with Gasteiger partial charge >= 0.3 is 6.09 Å². The van der Waals surface area contributed by atoms with Gasteiger partial charge in [0.25, 0.3) is 0 Å². The van der Waals surface area contributed by atoms with Crippen molar-refractivity contribution < 1.29 is 24.2 Å². The minimum atomic E-state index is -1.17. The van der Waals surface area contributed by atoms with E-state index in [-0.39, 0.29) is 12.2 Å². The normalized spacial score (nSPS) is 19.5. The van der Waals surface area contributed by atoms with Gasteiger partial charge in [0.05, 0.1) is 11.8 Å². The molecule has 0 saturated carbocycles. The van der Waals surface area contributed by atoms with Crippen LogP contribution in [0.5, 0.6) is 0 Å². The second-order valence-electron chi connectivity index (χ2n) is 7.00. The summed E-state index contributed by atoms with van der Waals surface area (Å²) in [6.45, 7) is 6.92. The van der Waals surface area contributed by atoms with E-state index in [4.69, 9.17) is 0 Å². The molecule has 1 aliphatic heterocycles. The molecule has 7 heteroatoms. The molecule has 2 atom stereocenters. The number of halogens is 1. The zero-order valence-electron chi connectivity index (χ0n) is 14.3. The fraction of sp³-hybridized carbons (Fsp3) is 0.529. The fourth-order valence-electron chi connectivity index (χ4n) is 3.03. The number of rotatable bonds is 3. The van der Waals surface area contributed by atoms with Gasteiger partial charge in [-0.15, -0.1) is 0 Å². The number of amides is 2. The monoisotopic (exact) mass is 338 g/mol. The van der Waals surface area contributed by atoms with Crippen molar-refractivity contribution in [2.45, 2.75) is 51.8 Å². The Bertz CT molecular complexity index is 654. The minimum absolute atomic E-state index is 0.103. The van der Waals surface area contributed by atoms with E-state index in [9.17, 15) is 24.2 Å². The Morgan fingerprint density at radius 1 is 1.42 bits per heavy atom. The van der Waals surface area contributed by atoms with E-state index in [0.29, 0.717) is 12.0 Å². The van der Waals surface area contributed by atoms with E-state index in [1.54, 1.807) is 26.8 Å². The highest BCUT2D eigenvalue weighted by Crippen LogP contribution is 2.31. The van der Waals surface area contributed by atoms with Gasteiger partial charge in [0.15, 0.2) is 0 Å². The number of aliphatic hydroxyl groups excluding tert-OH is 1. The van der Waals surface area contributed by atoms with Crippen LogP contribution >= 0.6 is 0 Å². The van der Waals surface area contributed by atoms with E-state index >= 15 is 0 Å². The van der Waals surface area contributed by atoms with Crippen LogP contribution in [0.15, 0.2) is 18.2 Å². The molecule has 0 aliphatic carbocycles. The highest BCUT2D eigenvalue weighted by Gasteiger charge is 2.43. The standard InChI is InChI=1S/C17H23FN2O4/c1-10(21)11-5-6-13(12(18)9-11)19-8-7-14(15(19)22)20(16(23)24)17(2,3)4/h5-6,9-10,14,21H,7-8H2,1-4H3,(H,23,24). The van der Waals surface area contributed by atoms with Gasteiger partial charge in [0.2, 0.25) is 5.91 Å². The third kappa shape index (κ3) is 3.36. The molecule has 1 aliphatic rings. The van der Waals surface area contributed by atoms with Crippen LogP contribution in [0.25, 0.3) is 0 Å². The fourth-order valence-corrected chi connectivity index (χ4v) is 3.03. The predicted octanol–water partition coefficient (Wildman–Crippen LogP) is 2.76. The van der Waals surface area contributed by atoms with Gasteiger partial charge in [-0.25, -0.2) is 9.18 Å². The number of carbonyl (C=O) groups is 2. The first-order valence-corrected chi connectivity index (χ1v) is 7.85. The SMILES string of the molecule is CC(O)c1ccc(N2CCC(N(C(=O)O)C(C)(C)C)C2=O)c(F)c1. The maximum absolute atomic E-state index is 14.3. The molecule has 0 bridgehead atoms. The summed E-state index contributed by atoms with van der Waals surface area (Å²) in [6.07, 6.45) is -1.67. The lowest BCUT2D eigenvalue weighted by molar-refractivity contribution is -0.122. The van der Waals surface area contributed by atoms with Gasteiger partial charge < -0.3 is 15.1 Å². The van der Waals surface area contributed by atoms with Crippen LogP contribution in [0, 0.1) is 5.82 Å². The average molecular weight is 338 g/mol. The second kappa shape index (κ2) is 6.39. The van der Waals surface area contributed by atoms with Crippen LogP contribution in [0.4, 0.5) is 14.9 Å². The highest BCUT2D eigenvalue weighted by molar-refractivity contribution is 6.01. The number of anilines is 1. The Morgan fingerprint density at radius 3 is 2.50 bits per heavy atom. The minimum Gasteiger partial charge on any atom is -0.465 e. The third-order valence-electron chi connectivity index (χ3n) is 4.16. The Hall–Kier alpha value is -2.15. The molecule has 0 spiro atoms. The molecule has 132 valence electrons. The van der Waals surface area contributed by atoms with Crippen molar-refractivity contribution in [3.8, 4) is 0 Å². The number of carboxylic acid groups (broad SMARTS) is 1. The van der Waals surface area contributed by atoms with Crippen molar-refractivity contribution in [3.05, 3.63) is 29.6 Å². The number of aliphatic hydroxyl groups is 1. The molecule has 1 fully saturated rings. The Labute approximate surface area is 140 Å². The Kier molecular flexibility index (Phi) is 4.85. The maximum atomic E-state index is 14.3. The van der Waals surface area contributed by atoms with Crippen LogP contribution in [0.3, 0.4) is 0 Å². The van der Waals surface area contributed by atoms with Crippen molar-refractivity contribution in [2.75, 3.05) is 11.4 Å². The van der Waals surface area contributed by atoms with Crippen molar-refractivity contribution >= 4 is 17.7 Å². The molecule has 0 aromatic heterocycles. The summed E-state index contributed by atoms with van der Waals surface area (Å²) < 4.78 is 14.3. The molecule has 1 saturated heterocycles. The summed E-state index contributed by atoms with van der Waals surface area (Å²) in [4.78, 5) is 26.6. The first kappa shape index (κ1) is 18.2. The largest absolute Gasteiger partial charge is 0.465 e. The number of carbonyl (C=O) groups excluding carboxylic acids is 1. The van der Waals surface area contributed by atoms with Crippen LogP contribution in [0.2, 0.25) is 0 Å². The molecular weight excluding hydrogens is 315 g/mol. The van der Waals surface area contributed by atoms with Crippen molar-refractivity contribution in [2.24, 2.45) is 0 Å². The molecule has 1 aromatic carbocycles. The van der Waals surface area contributed by atoms with Crippen molar-refractivity contribution in [1.82, 2.24) is 4.90 Å². The molecule has 6 nitrogen and oxygen atoms in total. The van der Waals surface area contributed by atoms with E-state index in [1.165, 1.54) is 24.0 Å². The molecule has 2 N–H and O–H groups in total. The Morgan fingerprint density at radius 2 is 2.04 bits per heavy atom. The summed E-state index contributed by atoms with van der Waals surface area (Å²) in [5.41, 5.74) is -0.218. The lowest BCUT2D eigenvalue weighted by Gasteiger charge is -2.36. The number of benzene rings is 1. The summed E-state index contributed by atoms with van der Waals surface area (Å²) in [6, 6.07) is 3.36. The van der Waals surface area contributed by atoms with Gasteiger partial charge in [0, 0.05) is 12.1 Å². The van der Waals surface area contributed by atoms with Crippen molar-refractivity contribution in [3.63, 3.8) is 0 Å². The summed E-state index contributed by atoms with van der Waals surface area (Å²) in [7, 11) is 0. The van der Waals surface area contributed by atoms with Crippen LogP contribution in [-0.4, -0.2) is 45.2 Å². The van der Waals surface area contributed by atoms with E-state index in [1.807, 2.05) is 0 Å². The van der Waals surface area contributed by atoms with Gasteiger partial charge in [-0.05, 0) is 51.8 Å². The Balaban J connectivity index is 2.30. The first-order chi connectivity index (χ1) is 11.0. The molecule has 1 aromatic rings. The first-order valence-electron chi connectivity index (χ1n) is 7.85. The van der Waals surface area contributed by atoms with Crippen LogP contribution < -0.4 is 4.90 Å². The molecule has 24 heavy (non-hydrogen) atoms. The summed E-state index contributed by atoms with van der Waals surface area (Å²) in [5.74, 6) is -1.05. The number of hydrogen-bond donors (Lipinski definition) is 2. The van der Waals surface area contributed by atoms with Crippen molar-refractivity contribution in [1.29, 1.82) is 0 Å². The third-order valence-corrected chi connectivity index (χ3v) is 4.16. The molecule has 2 rings (SSSR count). The molecule has 2 amide bonds. The quantitative estimate of drug-likeness (QED) is 0.888. The summed E-state index contributed by atoms with van der Waals surface area (Å²) in [5, 5.41) is 19.0. The van der Waals surface area contributed by atoms with Gasteiger partial charge in [-0.2, -0.15) is 0 Å². The number of hydrogen-bond acceptors (Lipinski definition) is 3. The molecular formula is C17H23FN2O4. The van der Waals surface area contributed by atoms with Crippen LogP contribution in [0.1, 0.15) is 45.8 Å². The second-order valence-corrected chi connectivity index (χ2v) is 7.00. The lowest BCUT2D eigenvalue weighted by atomic mass is 10.0. The van der Waals surface area contributed by atoms with Gasteiger partial charge in [-0.1, -0.05) is 6.07 Å². The average Bonchev–Trinajstić information content (AvgIpc) is 2.78. The van der Waals surface area contributed by atoms with Gasteiger partial charge in [-0.3, -0.25) is 9.69 Å². The molecule has 2 unspecified atom stereocenters. The van der Waals surface area contributed by atoms with E-state index in [0.717, 1.165) is 4.90 Å². The highest BCUT2D eigenvalue weighted by atomic mass is 19.1. The zero-order chi connectivity index (χ0) is 18.2. The molecule has 1 heterocycles. The maximum Gasteiger partial charge on any atom is 0.408 e.